The van der Waals surface area contributed by atoms with E-state index >= 15 is 0 Å². The molecule has 21 heavy (non-hydrogen) atoms. The molecule has 6 nitrogen and oxygen atoms in total. The number of methoxy groups -OCH3 is 1. The molecule has 1 fully saturated rings. The van der Waals surface area contributed by atoms with Crippen LogP contribution >= 0.6 is 0 Å². The summed E-state index contributed by atoms with van der Waals surface area (Å²) in [5.74, 6) is -2.87. The van der Waals surface area contributed by atoms with Gasteiger partial charge in [0, 0.05) is 42.6 Å². The molecule has 2 atom stereocenters. The average molecular weight is 300 g/mol. The smallest absolute Gasteiger partial charge is 0.404 e. The standard InChI is InChI=1S/C13H14F2N2O4/c1-21-6-2-8(14)12(9(15)3-6)7-5-16-11(18)4-10(7)17-13(19)20/h2-3,7,10,17H,4-5H2,1H3,(H,16,18)(H,19,20). The Morgan fingerprint density at radius 3 is 2.57 bits per heavy atom. The highest BCUT2D eigenvalue weighted by Gasteiger charge is 2.35. The number of carboxylic acid groups (broad SMARTS) is 1. The van der Waals surface area contributed by atoms with Crippen LogP contribution in [0.25, 0.3) is 0 Å². The number of ether oxygens (including phenoxy) is 1. The van der Waals surface area contributed by atoms with E-state index in [9.17, 15) is 18.4 Å². The van der Waals surface area contributed by atoms with Crippen molar-refractivity contribution in [2.45, 2.75) is 18.4 Å². The van der Waals surface area contributed by atoms with Crippen LogP contribution in [0.1, 0.15) is 17.9 Å². The Balaban J connectivity index is 2.38. The van der Waals surface area contributed by atoms with Crippen LogP contribution in [0, 0.1) is 11.6 Å². The lowest BCUT2D eigenvalue weighted by Crippen LogP contribution is -2.50. The molecule has 1 aliphatic heterocycles. The van der Waals surface area contributed by atoms with E-state index in [-0.39, 0.29) is 30.2 Å². The van der Waals surface area contributed by atoms with Crippen LogP contribution in [0.2, 0.25) is 0 Å². The van der Waals surface area contributed by atoms with E-state index in [0.717, 1.165) is 12.1 Å². The Kier molecular flexibility index (Phi) is 4.25. The molecule has 1 aromatic carbocycles. The summed E-state index contributed by atoms with van der Waals surface area (Å²) in [7, 11) is 1.28. The molecular formula is C13H14F2N2O4. The topological polar surface area (TPSA) is 87.7 Å². The molecule has 2 unspecified atom stereocenters. The van der Waals surface area contributed by atoms with Gasteiger partial charge < -0.3 is 20.5 Å². The first kappa shape index (κ1) is 15.0. The van der Waals surface area contributed by atoms with Crippen LogP contribution in [0.4, 0.5) is 13.6 Å². The van der Waals surface area contributed by atoms with Crippen molar-refractivity contribution < 1.29 is 28.2 Å². The van der Waals surface area contributed by atoms with Crippen molar-refractivity contribution >= 4 is 12.0 Å². The molecule has 1 aromatic rings. The Labute approximate surface area is 119 Å². The lowest BCUT2D eigenvalue weighted by Gasteiger charge is -2.32. The molecule has 0 aliphatic carbocycles. The summed E-state index contributed by atoms with van der Waals surface area (Å²) in [6.07, 6.45) is -1.53. The maximum Gasteiger partial charge on any atom is 0.404 e. The molecule has 1 heterocycles. The Hall–Kier alpha value is -2.38. The van der Waals surface area contributed by atoms with Crippen LogP contribution in [0.3, 0.4) is 0 Å². The molecule has 0 aromatic heterocycles. The molecule has 0 bridgehead atoms. The molecule has 2 rings (SSSR count). The highest BCUT2D eigenvalue weighted by atomic mass is 19.1. The Morgan fingerprint density at radius 2 is 2.05 bits per heavy atom. The zero-order chi connectivity index (χ0) is 15.6. The zero-order valence-electron chi connectivity index (χ0n) is 11.2. The number of hydrogen-bond donors (Lipinski definition) is 3. The number of hydrogen-bond acceptors (Lipinski definition) is 3. The minimum absolute atomic E-state index is 0.0244. The summed E-state index contributed by atoms with van der Waals surface area (Å²) in [5, 5.41) is 13.4. The van der Waals surface area contributed by atoms with Gasteiger partial charge in [0.15, 0.2) is 0 Å². The monoisotopic (exact) mass is 300 g/mol. The van der Waals surface area contributed by atoms with Crippen molar-refractivity contribution in [3.05, 3.63) is 29.3 Å². The molecule has 3 N–H and O–H groups in total. The van der Waals surface area contributed by atoms with Crippen molar-refractivity contribution in [2.75, 3.05) is 13.7 Å². The highest BCUT2D eigenvalue weighted by molar-refractivity contribution is 5.79. The molecule has 0 radical (unpaired) electrons. The first-order chi connectivity index (χ1) is 9.92. The van der Waals surface area contributed by atoms with E-state index in [0.29, 0.717) is 0 Å². The summed E-state index contributed by atoms with van der Waals surface area (Å²) < 4.78 is 32.9. The fourth-order valence-corrected chi connectivity index (χ4v) is 2.43. The van der Waals surface area contributed by atoms with Crippen LogP contribution < -0.4 is 15.4 Å². The van der Waals surface area contributed by atoms with Crippen molar-refractivity contribution in [1.82, 2.24) is 10.6 Å². The number of benzene rings is 1. The number of piperidine rings is 1. The third-order valence-corrected chi connectivity index (χ3v) is 3.38. The highest BCUT2D eigenvalue weighted by Crippen LogP contribution is 2.31. The fraction of sp³-hybridized carbons (Fsp3) is 0.385. The van der Waals surface area contributed by atoms with Crippen molar-refractivity contribution in [3.63, 3.8) is 0 Å². The first-order valence-corrected chi connectivity index (χ1v) is 6.21. The van der Waals surface area contributed by atoms with Gasteiger partial charge >= 0.3 is 6.09 Å². The van der Waals surface area contributed by atoms with Gasteiger partial charge in [0.25, 0.3) is 0 Å². The van der Waals surface area contributed by atoms with Gasteiger partial charge in [-0.05, 0) is 0 Å². The molecule has 0 spiro atoms. The van der Waals surface area contributed by atoms with Gasteiger partial charge in [-0.1, -0.05) is 0 Å². The number of nitrogens with one attached hydrogen (secondary N) is 2. The van der Waals surface area contributed by atoms with E-state index in [1.807, 2.05) is 0 Å². The fourth-order valence-electron chi connectivity index (χ4n) is 2.43. The lowest BCUT2D eigenvalue weighted by atomic mass is 9.86. The quantitative estimate of drug-likeness (QED) is 0.783. The predicted molar refractivity (Wildman–Crippen MR) is 68.2 cm³/mol. The largest absolute Gasteiger partial charge is 0.497 e. The SMILES string of the molecule is COc1cc(F)c(C2CNC(=O)CC2NC(=O)O)c(F)c1. The van der Waals surface area contributed by atoms with Gasteiger partial charge in [-0.25, -0.2) is 13.6 Å². The Bertz CT molecular complexity index is 554. The van der Waals surface area contributed by atoms with E-state index in [1.165, 1.54) is 7.11 Å². The van der Waals surface area contributed by atoms with E-state index in [1.54, 1.807) is 0 Å². The van der Waals surface area contributed by atoms with Crippen LogP contribution in [-0.2, 0) is 4.79 Å². The van der Waals surface area contributed by atoms with Crippen molar-refractivity contribution in [2.24, 2.45) is 0 Å². The maximum absolute atomic E-state index is 14.1. The van der Waals surface area contributed by atoms with Crippen LogP contribution in [-0.4, -0.2) is 36.8 Å². The number of halogens is 2. The van der Waals surface area contributed by atoms with Gasteiger partial charge in [0.1, 0.15) is 17.4 Å². The third-order valence-electron chi connectivity index (χ3n) is 3.38. The van der Waals surface area contributed by atoms with E-state index in [2.05, 4.69) is 10.6 Å². The lowest BCUT2D eigenvalue weighted by molar-refractivity contribution is -0.123. The third kappa shape index (κ3) is 3.21. The molecule has 1 aliphatic rings. The van der Waals surface area contributed by atoms with Crippen LogP contribution in [0.5, 0.6) is 5.75 Å². The first-order valence-electron chi connectivity index (χ1n) is 6.21. The molecule has 0 saturated carbocycles. The molecule has 2 amide bonds. The van der Waals surface area contributed by atoms with Crippen molar-refractivity contribution in [1.29, 1.82) is 0 Å². The summed E-state index contributed by atoms with van der Waals surface area (Å²) >= 11 is 0. The second-order valence-corrected chi connectivity index (χ2v) is 4.68. The number of amides is 2. The summed E-state index contributed by atoms with van der Waals surface area (Å²) in [6, 6.07) is 1.15. The van der Waals surface area contributed by atoms with Gasteiger partial charge in [-0.2, -0.15) is 0 Å². The summed E-state index contributed by atoms with van der Waals surface area (Å²) in [4.78, 5) is 22.1. The van der Waals surface area contributed by atoms with Gasteiger partial charge in [0.2, 0.25) is 5.91 Å². The van der Waals surface area contributed by atoms with E-state index in [4.69, 9.17) is 9.84 Å². The second kappa shape index (κ2) is 5.94. The normalized spacial score (nSPS) is 21.6. The van der Waals surface area contributed by atoms with E-state index < -0.39 is 29.7 Å². The predicted octanol–water partition coefficient (Wildman–Crippen LogP) is 1.21. The maximum atomic E-state index is 14.1. The van der Waals surface area contributed by atoms with Gasteiger partial charge in [0.05, 0.1) is 7.11 Å². The number of carbonyl (C=O) groups excluding carboxylic acids is 1. The molecule has 114 valence electrons. The summed E-state index contributed by atoms with van der Waals surface area (Å²) in [5.41, 5.74) is -0.269. The minimum atomic E-state index is -1.35. The second-order valence-electron chi connectivity index (χ2n) is 4.68. The van der Waals surface area contributed by atoms with Gasteiger partial charge in [-0.15, -0.1) is 0 Å². The average Bonchev–Trinajstić information content (AvgIpc) is 2.39. The molecule has 1 saturated heterocycles. The van der Waals surface area contributed by atoms with Gasteiger partial charge in [-0.3, -0.25) is 4.79 Å². The summed E-state index contributed by atoms with van der Waals surface area (Å²) in [6.45, 7) is -0.0516. The molecule has 8 heteroatoms. The van der Waals surface area contributed by atoms with Crippen molar-refractivity contribution in [3.8, 4) is 5.75 Å². The van der Waals surface area contributed by atoms with Crippen LogP contribution in [0.15, 0.2) is 12.1 Å². The Morgan fingerprint density at radius 1 is 1.43 bits per heavy atom. The zero-order valence-corrected chi connectivity index (χ0v) is 11.2. The molecular weight excluding hydrogens is 286 g/mol. The number of rotatable bonds is 3. The number of carbonyl (C=O) groups is 2. The minimum Gasteiger partial charge on any atom is -0.497 e.